The fourth-order valence-corrected chi connectivity index (χ4v) is 2.13. The van der Waals surface area contributed by atoms with Gasteiger partial charge in [0.05, 0.1) is 5.69 Å². The van der Waals surface area contributed by atoms with Crippen molar-refractivity contribution in [1.82, 2.24) is 14.8 Å². The average molecular weight is 256 g/mol. The van der Waals surface area contributed by atoms with Crippen molar-refractivity contribution in [1.29, 1.82) is 0 Å². The lowest BCUT2D eigenvalue weighted by molar-refractivity contribution is 0.217. The molecule has 0 aliphatic heterocycles. The van der Waals surface area contributed by atoms with E-state index < -0.39 is 0 Å². The summed E-state index contributed by atoms with van der Waals surface area (Å²) in [6.45, 7) is 6.12. The molecular weight excluding hydrogens is 236 g/mol. The summed E-state index contributed by atoms with van der Waals surface area (Å²) in [7, 11) is 3.99. The number of amides is 2. The van der Waals surface area contributed by atoms with Crippen LogP contribution in [0.15, 0.2) is 5.38 Å². The van der Waals surface area contributed by atoms with Gasteiger partial charge < -0.3 is 9.80 Å². The number of hydrogen-bond acceptors (Lipinski definition) is 4. The van der Waals surface area contributed by atoms with E-state index in [2.05, 4.69) is 10.3 Å². The molecule has 6 heteroatoms. The highest BCUT2D eigenvalue weighted by atomic mass is 32.1. The van der Waals surface area contributed by atoms with Gasteiger partial charge in [0.25, 0.3) is 0 Å². The highest BCUT2D eigenvalue weighted by molar-refractivity contribution is 7.13. The third-order valence-corrected chi connectivity index (χ3v) is 3.10. The third kappa shape index (κ3) is 4.32. The van der Waals surface area contributed by atoms with E-state index >= 15 is 0 Å². The molecule has 1 heterocycles. The Morgan fingerprint density at radius 2 is 2.06 bits per heavy atom. The lowest BCUT2D eigenvalue weighted by atomic mass is 10.5. The first-order valence-corrected chi connectivity index (χ1v) is 6.59. The van der Waals surface area contributed by atoms with Crippen LogP contribution in [0.2, 0.25) is 0 Å². The maximum absolute atomic E-state index is 11.8. The SMILES string of the molecule is CCN(CC)C(=O)Nc1nc(CN(C)C)cs1. The number of nitrogens with one attached hydrogen (secondary N) is 1. The predicted octanol–water partition coefficient (Wildman–Crippen LogP) is 2.08. The van der Waals surface area contributed by atoms with Gasteiger partial charge in [-0.05, 0) is 27.9 Å². The molecular formula is C11H20N4OS. The lowest BCUT2D eigenvalue weighted by Gasteiger charge is -2.17. The smallest absolute Gasteiger partial charge is 0.323 e. The van der Waals surface area contributed by atoms with Crippen molar-refractivity contribution in [3.05, 3.63) is 11.1 Å². The quantitative estimate of drug-likeness (QED) is 0.877. The standard InChI is InChI=1S/C11H20N4OS/c1-5-15(6-2)11(16)13-10-12-9(8-17-10)7-14(3)4/h8H,5-7H2,1-4H3,(H,12,13,16). The molecule has 0 fully saturated rings. The van der Waals surface area contributed by atoms with Crippen LogP contribution in [-0.4, -0.2) is 48.0 Å². The van der Waals surface area contributed by atoms with E-state index in [0.29, 0.717) is 18.2 Å². The van der Waals surface area contributed by atoms with Crippen LogP contribution in [0.5, 0.6) is 0 Å². The van der Waals surface area contributed by atoms with E-state index in [1.807, 2.05) is 38.2 Å². The Morgan fingerprint density at radius 3 is 2.59 bits per heavy atom. The van der Waals surface area contributed by atoms with Crippen LogP contribution < -0.4 is 5.32 Å². The van der Waals surface area contributed by atoms with Crippen LogP contribution in [0.1, 0.15) is 19.5 Å². The van der Waals surface area contributed by atoms with Gasteiger partial charge in [0, 0.05) is 25.0 Å². The number of nitrogens with zero attached hydrogens (tertiary/aromatic N) is 3. The summed E-state index contributed by atoms with van der Waals surface area (Å²) in [5.74, 6) is 0. The molecule has 0 aliphatic carbocycles. The topological polar surface area (TPSA) is 48.5 Å². The van der Waals surface area contributed by atoms with Crippen LogP contribution in [0.3, 0.4) is 0 Å². The first kappa shape index (κ1) is 13.9. The van der Waals surface area contributed by atoms with Crippen molar-refractivity contribution >= 4 is 22.5 Å². The highest BCUT2D eigenvalue weighted by Gasteiger charge is 2.11. The van der Waals surface area contributed by atoms with Gasteiger partial charge in [-0.2, -0.15) is 0 Å². The molecule has 0 radical (unpaired) electrons. The molecule has 5 nitrogen and oxygen atoms in total. The minimum atomic E-state index is -0.0826. The van der Waals surface area contributed by atoms with E-state index in [0.717, 1.165) is 12.2 Å². The largest absolute Gasteiger partial charge is 0.325 e. The number of thiazole rings is 1. The molecule has 2 amide bonds. The van der Waals surface area contributed by atoms with E-state index in [1.165, 1.54) is 11.3 Å². The zero-order chi connectivity index (χ0) is 12.8. The molecule has 1 rings (SSSR count). The molecule has 0 atom stereocenters. The van der Waals surface area contributed by atoms with Crippen LogP contribution in [-0.2, 0) is 6.54 Å². The molecule has 0 bridgehead atoms. The monoisotopic (exact) mass is 256 g/mol. The summed E-state index contributed by atoms with van der Waals surface area (Å²) in [5.41, 5.74) is 0.981. The summed E-state index contributed by atoms with van der Waals surface area (Å²) in [6, 6.07) is -0.0826. The molecule has 1 N–H and O–H groups in total. The molecule has 1 aromatic heterocycles. The second-order valence-electron chi connectivity index (χ2n) is 3.98. The van der Waals surface area contributed by atoms with Crippen molar-refractivity contribution < 1.29 is 4.79 Å². The lowest BCUT2D eigenvalue weighted by Crippen LogP contribution is -2.34. The second kappa shape index (κ2) is 6.56. The number of aromatic nitrogens is 1. The van der Waals surface area contributed by atoms with Gasteiger partial charge in [-0.3, -0.25) is 5.32 Å². The second-order valence-corrected chi connectivity index (χ2v) is 4.84. The highest BCUT2D eigenvalue weighted by Crippen LogP contribution is 2.16. The van der Waals surface area contributed by atoms with E-state index in [-0.39, 0.29) is 6.03 Å². The number of hydrogen-bond donors (Lipinski definition) is 1. The number of urea groups is 1. The maximum atomic E-state index is 11.8. The normalized spacial score (nSPS) is 10.6. The number of anilines is 1. The molecule has 96 valence electrons. The van der Waals surface area contributed by atoms with Crippen LogP contribution in [0, 0.1) is 0 Å². The number of rotatable bonds is 5. The molecule has 0 saturated heterocycles. The Balaban J connectivity index is 2.57. The van der Waals surface area contributed by atoms with Gasteiger partial charge >= 0.3 is 6.03 Å². The van der Waals surface area contributed by atoms with Crippen LogP contribution in [0.25, 0.3) is 0 Å². The van der Waals surface area contributed by atoms with E-state index in [9.17, 15) is 4.79 Å². The van der Waals surface area contributed by atoms with Gasteiger partial charge in [0.2, 0.25) is 0 Å². The Hall–Kier alpha value is -1.14. The summed E-state index contributed by atoms with van der Waals surface area (Å²) in [4.78, 5) is 19.9. The molecule has 0 unspecified atom stereocenters. The molecule has 0 aromatic carbocycles. The first-order chi connectivity index (χ1) is 8.06. The van der Waals surface area contributed by atoms with E-state index in [4.69, 9.17) is 0 Å². The molecule has 0 aliphatic rings. The third-order valence-electron chi connectivity index (χ3n) is 2.29. The number of carbonyl (C=O) groups is 1. The molecule has 0 saturated carbocycles. The Labute approximate surface area is 106 Å². The van der Waals surface area contributed by atoms with Gasteiger partial charge in [-0.1, -0.05) is 0 Å². The maximum Gasteiger partial charge on any atom is 0.323 e. The summed E-state index contributed by atoms with van der Waals surface area (Å²) < 4.78 is 0. The Kier molecular flexibility index (Phi) is 5.37. The van der Waals surface area contributed by atoms with Crippen LogP contribution in [0.4, 0.5) is 9.93 Å². The van der Waals surface area contributed by atoms with Crippen molar-refractivity contribution in [2.45, 2.75) is 20.4 Å². The van der Waals surface area contributed by atoms with E-state index in [1.54, 1.807) is 4.90 Å². The predicted molar refractivity (Wildman–Crippen MR) is 71.4 cm³/mol. The van der Waals surface area contributed by atoms with Gasteiger partial charge in [-0.15, -0.1) is 11.3 Å². The van der Waals surface area contributed by atoms with Crippen molar-refractivity contribution in [3.63, 3.8) is 0 Å². The molecule has 1 aromatic rings. The van der Waals surface area contributed by atoms with Gasteiger partial charge in [0.15, 0.2) is 5.13 Å². The Morgan fingerprint density at radius 1 is 1.41 bits per heavy atom. The summed E-state index contributed by atoms with van der Waals surface area (Å²) in [5, 5.41) is 5.45. The van der Waals surface area contributed by atoms with Crippen molar-refractivity contribution in [3.8, 4) is 0 Å². The van der Waals surface area contributed by atoms with Gasteiger partial charge in [-0.25, -0.2) is 9.78 Å². The zero-order valence-electron chi connectivity index (χ0n) is 10.9. The van der Waals surface area contributed by atoms with Gasteiger partial charge in [0.1, 0.15) is 0 Å². The minimum Gasteiger partial charge on any atom is -0.325 e. The van der Waals surface area contributed by atoms with Crippen molar-refractivity contribution in [2.24, 2.45) is 0 Å². The fourth-order valence-electron chi connectivity index (χ4n) is 1.44. The van der Waals surface area contributed by atoms with Crippen molar-refractivity contribution in [2.75, 3.05) is 32.5 Å². The summed E-state index contributed by atoms with van der Waals surface area (Å²) >= 11 is 1.46. The Bertz CT molecular complexity index is 360. The average Bonchev–Trinajstić information content (AvgIpc) is 2.66. The fraction of sp³-hybridized carbons (Fsp3) is 0.636. The minimum absolute atomic E-state index is 0.0826. The summed E-state index contributed by atoms with van der Waals surface area (Å²) in [6.07, 6.45) is 0. The molecule has 0 spiro atoms. The number of carbonyl (C=O) groups excluding carboxylic acids is 1. The van der Waals surface area contributed by atoms with Crippen LogP contribution >= 0.6 is 11.3 Å². The zero-order valence-corrected chi connectivity index (χ0v) is 11.7. The molecule has 17 heavy (non-hydrogen) atoms. The first-order valence-electron chi connectivity index (χ1n) is 5.71.